The Labute approximate surface area is 127 Å². The summed E-state index contributed by atoms with van der Waals surface area (Å²) in [5.74, 6) is -0.663. The molecule has 0 aliphatic heterocycles. The van der Waals surface area contributed by atoms with E-state index in [1.54, 1.807) is 0 Å². The fraction of sp³-hybridized carbons (Fsp3) is 0.929. The van der Waals surface area contributed by atoms with Crippen molar-refractivity contribution in [2.24, 2.45) is 0 Å². The minimum atomic E-state index is -0.663. The van der Waals surface area contributed by atoms with Crippen molar-refractivity contribution in [2.45, 2.75) is 58.3 Å². The lowest BCUT2D eigenvalue weighted by atomic mass is 10.1. The van der Waals surface area contributed by atoms with Gasteiger partial charge in [-0.3, -0.25) is 14.5 Å². The Morgan fingerprint density at radius 2 is 1.38 bits per heavy atom. The SMILES string of the molecule is CCCCCCCCCC(=O)O.OCCONOCCO. The van der Waals surface area contributed by atoms with E-state index in [0.29, 0.717) is 6.42 Å². The number of rotatable bonds is 14. The van der Waals surface area contributed by atoms with Crippen LogP contribution in [0.15, 0.2) is 0 Å². The molecule has 0 atom stereocenters. The van der Waals surface area contributed by atoms with Crippen LogP contribution in [0.4, 0.5) is 0 Å². The van der Waals surface area contributed by atoms with E-state index in [9.17, 15) is 4.79 Å². The Hall–Kier alpha value is -0.730. The van der Waals surface area contributed by atoms with Crippen molar-refractivity contribution in [3.63, 3.8) is 0 Å². The summed E-state index contributed by atoms with van der Waals surface area (Å²) in [5.41, 5.74) is 2.07. The molecule has 0 rings (SSSR count). The molecule has 0 aromatic rings. The molecule has 0 aliphatic carbocycles. The Bertz CT molecular complexity index is 198. The van der Waals surface area contributed by atoms with E-state index in [-0.39, 0.29) is 26.4 Å². The second-order valence-corrected chi connectivity index (χ2v) is 4.49. The number of unbranched alkanes of at least 4 members (excludes halogenated alkanes) is 6. The van der Waals surface area contributed by atoms with Crippen LogP contribution in [0.25, 0.3) is 0 Å². The number of carboxylic acid groups (broad SMARTS) is 1. The van der Waals surface area contributed by atoms with E-state index in [2.05, 4.69) is 22.2 Å². The molecule has 21 heavy (non-hydrogen) atoms. The minimum Gasteiger partial charge on any atom is -0.481 e. The zero-order valence-corrected chi connectivity index (χ0v) is 13.1. The van der Waals surface area contributed by atoms with E-state index in [1.165, 1.54) is 32.1 Å². The van der Waals surface area contributed by atoms with Crippen LogP contribution in [0.3, 0.4) is 0 Å². The molecular formula is C14H31NO6. The van der Waals surface area contributed by atoms with Crippen molar-refractivity contribution >= 4 is 5.97 Å². The monoisotopic (exact) mass is 309 g/mol. The Balaban J connectivity index is 0. The van der Waals surface area contributed by atoms with Crippen molar-refractivity contribution in [2.75, 3.05) is 26.4 Å². The van der Waals surface area contributed by atoms with Crippen LogP contribution >= 0.6 is 0 Å². The number of carboxylic acids is 1. The molecule has 0 bridgehead atoms. The third-order valence-corrected chi connectivity index (χ3v) is 2.50. The summed E-state index contributed by atoms with van der Waals surface area (Å²) in [6, 6.07) is 0. The number of hydrogen-bond donors (Lipinski definition) is 4. The van der Waals surface area contributed by atoms with Crippen molar-refractivity contribution in [3.05, 3.63) is 0 Å². The summed E-state index contributed by atoms with van der Waals surface area (Å²) in [4.78, 5) is 19.0. The maximum atomic E-state index is 10.1. The van der Waals surface area contributed by atoms with Gasteiger partial charge in [0.1, 0.15) is 0 Å². The third kappa shape index (κ3) is 28.2. The van der Waals surface area contributed by atoms with Crippen LogP contribution in [-0.4, -0.2) is 47.7 Å². The molecule has 128 valence electrons. The predicted octanol–water partition coefficient (Wildman–Crippen LogP) is 1.64. The second-order valence-electron chi connectivity index (χ2n) is 4.49. The molecule has 0 saturated carbocycles. The maximum absolute atomic E-state index is 10.1. The first-order valence-corrected chi connectivity index (χ1v) is 7.61. The molecule has 0 aromatic carbocycles. The summed E-state index contributed by atoms with van der Waals surface area (Å²) < 4.78 is 0. The largest absolute Gasteiger partial charge is 0.481 e. The van der Waals surface area contributed by atoms with Gasteiger partial charge in [0, 0.05) is 6.42 Å². The molecule has 0 spiro atoms. The van der Waals surface area contributed by atoms with Gasteiger partial charge in [0.2, 0.25) is 0 Å². The third-order valence-electron chi connectivity index (χ3n) is 2.50. The molecule has 0 fully saturated rings. The van der Waals surface area contributed by atoms with Gasteiger partial charge in [-0.1, -0.05) is 51.1 Å². The van der Waals surface area contributed by atoms with Gasteiger partial charge in [0.15, 0.2) is 0 Å². The van der Waals surface area contributed by atoms with Crippen LogP contribution in [0, 0.1) is 0 Å². The van der Waals surface area contributed by atoms with E-state index in [4.69, 9.17) is 15.3 Å². The molecular weight excluding hydrogens is 278 g/mol. The molecule has 4 N–H and O–H groups in total. The second kappa shape index (κ2) is 21.6. The Morgan fingerprint density at radius 3 is 1.81 bits per heavy atom. The van der Waals surface area contributed by atoms with Crippen LogP contribution < -0.4 is 5.64 Å². The molecule has 7 nitrogen and oxygen atoms in total. The number of aliphatic hydroxyl groups excluding tert-OH is 2. The average Bonchev–Trinajstić information content (AvgIpc) is 2.47. The molecule has 0 aliphatic rings. The quantitative estimate of drug-likeness (QED) is 0.285. The molecule has 0 heterocycles. The van der Waals surface area contributed by atoms with Crippen molar-refractivity contribution in [1.29, 1.82) is 0 Å². The van der Waals surface area contributed by atoms with E-state index in [1.807, 2.05) is 0 Å². The van der Waals surface area contributed by atoms with Gasteiger partial charge in [-0.25, -0.2) is 0 Å². The minimum absolute atomic E-state index is 0.0600. The van der Waals surface area contributed by atoms with Crippen molar-refractivity contribution in [1.82, 2.24) is 5.64 Å². The van der Waals surface area contributed by atoms with Gasteiger partial charge in [0.05, 0.1) is 26.4 Å². The number of aliphatic hydroxyl groups is 2. The summed E-state index contributed by atoms with van der Waals surface area (Å²) in [5, 5.41) is 24.7. The smallest absolute Gasteiger partial charge is 0.303 e. The molecule has 0 radical (unpaired) electrons. The molecule has 0 saturated heterocycles. The zero-order chi connectivity index (χ0) is 16.2. The first-order valence-electron chi connectivity index (χ1n) is 7.61. The lowest BCUT2D eigenvalue weighted by Crippen LogP contribution is -2.19. The van der Waals surface area contributed by atoms with Crippen LogP contribution in [0.2, 0.25) is 0 Å². The van der Waals surface area contributed by atoms with Gasteiger partial charge in [-0.15, -0.1) is 0 Å². The normalized spacial score (nSPS) is 10.0. The lowest BCUT2D eigenvalue weighted by Gasteiger charge is -2.01. The van der Waals surface area contributed by atoms with E-state index >= 15 is 0 Å². The average molecular weight is 309 g/mol. The fourth-order valence-corrected chi connectivity index (χ4v) is 1.45. The highest BCUT2D eigenvalue weighted by atomic mass is 16.9. The van der Waals surface area contributed by atoms with E-state index < -0.39 is 5.97 Å². The molecule has 0 aromatic heterocycles. The van der Waals surface area contributed by atoms with Crippen molar-refractivity contribution < 1.29 is 29.8 Å². The molecule has 7 heteroatoms. The maximum Gasteiger partial charge on any atom is 0.303 e. The topological polar surface area (TPSA) is 108 Å². The van der Waals surface area contributed by atoms with Gasteiger partial charge in [-0.2, -0.15) is 0 Å². The number of hydrogen-bond acceptors (Lipinski definition) is 6. The van der Waals surface area contributed by atoms with Crippen LogP contribution in [0.5, 0.6) is 0 Å². The summed E-state index contributed by atoms with van der Waals surface area (Å²) in [7, 11) is 0. The standard InChI is InChI=1S/C10H20O2.C4H11NO4/c1-2-3-4-5-6-7-8-9-10(11)12;6-1-3-8-5-9-4-2-7/h2-9H2,1H3,(H,11,12);5-7H,1-4H2. The Morgan fingerprint density at radius 1 is 0.905 bits per heavy atom. The van der Waals surface area contributed by atoms with Gasteiger partial charge < -0.3 is 15.3 Å². The first-order chi connectivity index (χ1) is 10.2. The predicted molar refractivity (Wildman–Crippen MR) is 79.5 cm³/mol. The summed E-state index contributed by atoms with van der Waals surface area (Å²) in [6.45, 7) is 2.42. The highest BCUT2D eigenvalue weighted by molar-refractivity contribution is 5.66. The van der Waals surface area contributed by atoms with Crippen LogP contribution in [-0.2, 0) is 14.5 Å². The number of nitrogens with one attached hydrogen (secondary N) is 1. The van der Waals surface area contributed by atoms with E-state index in [0.717, 1.165) is 12.8 Å². The summed E-state index contributed by atoms with van der Waals surface area (Å²) >= 11 is 0. The highest BCUT2D eigenvalue weighted by Crippen LogP contribution is 2.07. The zero-order valence-electron chi connectivity index (χ0n) is 13.1. The fourth-order valence-electron chi connectivity index (χ4n) is 1.45. The molecule has 0 amide bonds. The number of carbonyl (C=O) groups is 1. The van der Waals surface area contributed by atoms with Gasteiger partial charge in [-0.05, 0) is 6.42 Å². The first kappa shape index (κ1) is 22.5. The number of aliphatic carboxylic acids is 1. The van der Waals surface area contributed by atoms with Crippen LogP contribution in [0.1, 0.15) is 58.3 Å². The molecule has 0 unspecified atom stereocenters. The Kier molecular flexibility index (Phi) is 23.2. The lowest BCUT2D eigenvalue weighted by molar-refractivity contribution is -0.178. The van der Waals surface area contributed by atoms with Gasteiger partial charge in [0.25, 0.3) is 0 Å². The highest BCUT2D eigenvalue weighted by Gasteiger charge is 1.95. The van der Waals surface area contributed by atoms with Gasteiger partial charge >= 0.3 is 5.97 Å². The van der Waals surface area contributed by atoms with Crippen molar-refractivity contribution in [3.8, 4) is 0 Å². The summed E-state index contributed by atoms with van der Waals surface area (Å²) in [6.07, 6.45) is 8.64.